The van der Waals surface area contributed by atoms with Crippen LogP contribution in [0.4, 0.5) is 0 Å². The van der Waals surface area contributed by atoms with E-state index in [1.54, 1.807) is 0 Å². The number of nitro groups is 1. The summed E-state index contributed by atoms with van der Waals surface area (Å²) in [4.78, 5) is 9.54. The lowest BCUT2D eigenvalue weighted by atomic mass is 10.4. The van der Waals surface area contributed by atoms with Crippen molar-refractivity contribution in [3.05, 3.63) is 44.0 Å². The normalized spacial score (nSPS) is 10.9. The van der Waals surface area contributed by atoms with Gasteiger partial charge in [-0.1, -0.05) is 22.5 Å². The van der Waals surface area contributed by atoms with Crippen LogP contribution in [0.1, 0.15) is 0 Å². The number of allylic oxidation sites excluding steroid dienone is 3. The summed E-state index contributed by atoms with van der Waals surface area (Å²) in [5.74, 6) is 0. The molecule has 0 bridgehead atoms. The summed E-state index contributed by atoms with van der Waals surface area (Å²) >= 11 is 6.00. The van der Waals surface area contributed by atoms with E-state index < -0.39 is 4.92 Å². The lowest BCUT2D eigenvalue weighted by Gasteiger charge is -1.92. The van der Waals surface area contributed by atoms with Crippen molar-refractivity contribution in [3.8, 4) is 0 Å². The van der Waals surface area contributed by atoms with Crippen LogP contribution < -0.4 is 0 Å². The molecule has 0 saturated carbocycles. The standard InChI is InChI=1S/C6H5Br2NO2/c1-4(7)3-6(8)5(2)9(10)11/h3H,1-2H2/b6-3+. The van der Waals surface area contributed by atoms with Gasteiger partial charge in [0.05, 0.1) is 9.41 Å². The molecule has 0 aliphatic heterocycles. The van der Waals surface area contributed by atoms with E-state index in [0.29, 0.717) is 8.96 Å². The first-order valence-electron chi connectivity index (χ1n) is 2.50. The zero-order chi connectivity index (χ0) is 9.02. The summed E-state index contributed by atoms with van der Waals surface area (Å²) in [7, 11) is 0. The largest absolute Gasteiger partial charge is 0.276 e. The highest BCUT2D eigenvalue weighted by Gasteiger charge is 2.09. The maximum absolute atomic E-state index is 10.1. The van der Waals surface area contributed by atoms with Crippen molar-refractivity contribution in [2.24, 2.45) is 0 Å². The van der Waals surface area contributed by atoms with Crippen molar-refractivity contribution in [2.45, 2.75) is 0 Å². The third kappa shape index (κ3) is 4.10. The maximum Gasteiger partial charge on any atom is 0.276 e. The fourth-order valence-corrected chi connectivity index (χ4v) is 1.27. The number of rotatable bonds is 3. The Labute approximate surface area is 80.9 Å². The van der Waals surface area contributed by atoms with E-state index in [1.807, 2.05) is 0 Å². The van der Waals surface area contributed by atoms with E-state index in [9.17, 15) is 10.1 Å². The van der Waals surface area contributed by atoms with Crippen molar-refractivity contribution in [3.63, 3.8) is 0 Å². The number of hydrogen-bond acceptors (Lipinski definition) is 2. The average molecular weight is 283 g/mol. The molecular formula is C6H5Br2NO2. The van der Waals surface area contributed by atoms with Crippen LogP contribution in [-0.2, 0) is 0 Å². The zero-order valence-electron chi connectivity index (χ0n) is 5.51. The van der Waals surface area contributed by atoms with E-state index in [0.717, 1.165) is 0 Å². The van der Waals surface area contributed by atoms with Gasteiger partial charge in [0, 0.05) is 4.48 Å². The maximum atomic E-state index is 10.1. The van der Waals surface area contributed by atoms with Crippen LogP contribution in [0.3, 0.4) is 0 Å². The fourth-order valence-electron chi connectivity index (χ4n) is 0.308. The molecule has 0 aromatic rings. The minimum atomic E-state index is -0.573. The molecule has 0 saturated heterocycles. The molecule has 0 aromatic carbocycles. The number of halogens is 2. The van der Waals surface area contributed by atoms with Gasteiger partial charge in [-0.2, -0.15) is 0 Å². The predicted molar refractivity (Wildman–Crippen MR) is 51.2 cm³/mol. The molecule has 0 rings (SSSR count). The van der Waals surface area contributed by atoms with Gasteiger partial charge in [-0.05, 0) is 28.6 Å². The van der Waals surface area contributed by atoms with Gasteiger partial charge in [0.2, 0.25) is 0 Å². The van der Waals surface area contributed by atoms with Crippen LogP contribution in [0.25, 0.3) is 0 Å². The Kier molecular flexibility index (Phi) is 4.29. The van der Waals surface area contributed by atoms with Gasteiger partial charge in [0.25, 0.3) is 5.70 Å². The van der Waals surface area contributed by atoms with Crippen LogP contribution in [0, 0.1) is 10.1 Å². The molecule has 0 N–H and O–H groups in total. The second kappa shape index (κ2) is 4.46. The molecule has 0 aliphatic rings. The predicted octanol–water partition coefficient (Wildman–Crippen LogP) is 2.96. The summed E-state index contributed by atoms with van der Waals surface area (Å²) in [5.41, 5.74) is -0.189. The van der Waals surface area contributed by atoms with Crippen LogP contribution in [0.15, 0.2) is 33.9 Å². The first kappa shape index (κ1) is 10.6. The average Bonchev–Trinajstić information content (AvgIpc) is 1.84. The monoisotopic (exact) mass is 281 g/mol. The molecule has 60 valence electrons. The third-order valence-electron chi connectivity index (χ3n) is 0.779. The molecule has 0 atom stereocenters. The minimum Gasteiger partial charge on any atom is -0.258 e. The Hall–Kier alpha value is -0.420. The second-order valence-electron chi connectivity index (χ2n) is 1.64. The van der Waals surface area contributed by atoms with Crippen LogP contribution in [-0.4, -0.2) is 4.92 Å². The number of nitrogens with zero attached hydrogens (tertiary/aromatic N) is 1. The van der Waals surface area contributed by atoms with E-state index in [2.05, 4.69) is 45.0 Å². The van der Waals surface area contributed by atoms with E-state index >= 15 is 0 Å². The van der Waals surface area contributed by atoms with Gasteiger partial charge >= 0.3 is 0 Å². The molecule has 0 aliphatic carbocycles. The van der Waals surface area contributed by atoms with Crippen molar-refractivity contribution in [1.29, 1.82) is 0 Å². The molecule has 0 unspecified atom stereocenters. The van der Waals surface area contributed by atoms with Gasteiger partial charge < -0.3 is 0 Å². The van der Waals surface area contributed by atoms with Gasteiger partial charge in [-0.3, -0.25) is 10.1 Å². The molecule has 0 aromatic heterocycles. The van der Waals surface area contributed by atoms with Crippen molar-refractivity contribution >= 4 is 31.9 Å². The Morgan fingerprint density at radius 2 is 1.91 bits per heavy atom. The molecule has 3 nitrogen and oxygen atoms in total. The lowest BCUT2D eigenvalue weighted by Crippen LogP contribution is -1.95. The first-order chi connectivity index (χ1) is 4.95. The van der Waals surface area contributed by atoms with Crippen LogP contribution in [0.2, 0.25) is 0 Å². The summed E-state index contributed by atoms with van der Waals surface area (Å²) < 4.78 is 0.858. The van der Waals surface area contributed by atoms with Gasteiger partial charge in [0.1, 0.15) is 0 Å². The molecule has 11 heavy (non-hydrogen) atoms. The molecule has 0 fully saturated rings. The highest BCUT2D eigenvalue weighted by Crippen LogP contribution is 2.19. The van der Waals surface area contributed by atoms with Gasteiger partial charge in [-0.15, -0.1) is 0 Å². The summed E-state index contributed by atoms with van der Waals surface area (Å²) in [6.07, 6.45) is 1.46. The SMILES string of the molecule is C=C(Br)/C=C(/Br)C(=C)[N+](=O)[O-]. The number of hydrogen-bond donors (Lipinski definition) is 0. The van der Waals surface area contributed by atoms with E-state index in [-0.39, 0.29) is 5.70 Å². The van der Waals surface area contributed by atoms with Crippen molar-refractivity contribution in [1.82, 2.24) is 0 Å². The molecule has 0 spiro atoms. The van der Waals surface area contributed by atoms with E-state index in [4.69, 9.17) is 0 Å². The zero-order valence-corrected chi connectivity index (χ0v) is 8.68. The smallest absolute Gasteiger partial charge is 0.258 e. The Balaban J connectivity index is 4.49. The Morgan fingerprint density at radius 3 is 2.18 bits per heavy atom. The summed E-state index contributed by atoms with van der Waals surface area (Å²) in [6, 6.07) is 0. The lowest BCUT2D eigenvalue weighted by molar-refractivity contribution is -0.418. The molecule has 0 radical (unpaired) electrons. The topological polar surface area (TPSA) is 43.1 Å². The second-order valence-corrected chi connectivity index (χ2v) is 3.52. The molecular weight excluding hydrogens is 278 g/mol. The molecule has 0 amide bonds. The quantitative estimate of drug-likeness (QED) is 0.454. The van der Waals surface area contributed by atoms with Crippen LogP contribution >= 0.6 is 31.9 Å². The van der Waals surface area contributed by atoms with Crippen molar-refractivity contribution in [2.75, 3.05) is 0 Å². The van der Waals surface area contributed by atoms with Crippen molar-refractivity contribution < 1.29 is 4.92 Å². The first-order valence-corrected chi connectivity index (χ1v) is 4.09. The fraction of sp³-hybridized carbons (Fsp3) is 0. The summed E-state index contributed by atoms with van der Waals surface area (Å²) in [5, 5.41) is 10.1. The highest BCUT2D eigenvalue weighted by molar-refractivity contribution is 9.12. The van der Waals surface area contributed by atoms with E-state index in [1.165, 1.54) is 6.08 Å². The minimum absolute atomic E-state index is 0.189. The Morgan fingerprint density at radius 1 is 1.45 bits per heavy atom. The third-order valence-corrected chi connectivity index (χ3v) is 1.69. The van der Waals surface area contributed by atoms with Gasteiger partial charge in [0.15, 0.2) is 0 Å². The van der Waals surface area contributed by atoms with Crippen LogP contribution in [0.5, 0.6) is 0 Å². The highest BCUT2D eigenvalue weighted by atomic mass is 79.9. The Bertz CT molecular complexity index is 245. The molecule has 5 heteroatoms. The molecule has 0 heterocycles. The summed E-state index contributed by atoms with van der Waals surface area (Å²) in [6.45, 7) is 6.71. The van der Waals surface area contributed by atoms with Gasteiger partial charge in [-0.25, -0.2) is 0 Å².